The predicted molar refractivity (Wildman–Crippen MR) is 79.3 cm³/mol. The first-order valence-corrected chi connectivity index (χ1v) is 6.77. The Bertz CT molecular complexity index is 634. The molecular formula is C15H18N2OS. The largest absolute Gasteiger partial charge is 0.496 e. The van der Waals surface area contributed by atoms with Crippen LogP contribution in [0.15, 0.2) is 24.3 Å². The molecule has 0 bridgehead atoms. The standard InChI is InChI=1S/C15H18N2OS/c1-4-12-10(2)16-14(17-15(12)19)9-11-7-5-6-8-13(11)18-3/h5-8H,4,9H2,1-3H3,(H,16,17,19). The molecule has 0 amide bonds. The fourth-order valence-electron chi connectivity index (χ4n) is 2.20. The smallest absolute Gasteiger partial charge is 0.133 e. The molecule has 0 spiro atoms. The summed E-state index contributed by atoms with van der Waals surface area (Å²) in [6, 6.07) is 7.96. The van der Waals surface area contributed by atoms with Crippen molar-refractivity contribution in [2.24, 2.45) is 0 Å². The summed E-state index contributed by atoms with van der Waals surface area (Å²) in [7, 11) is 1.68. The van der Waals surface area contributed by atoms with Crippen LogP contribution in [0, 0.1) is 11.6 Å². The second-order valence-electron chi connectivity index (χ2n) is 4.43. The van der Waals surface area contributed by atoms with Gasteiger partial charge in [-0.15, -0.1) is 0 Å². The summed E-state index contributed by atoms with van der Waals surface area (Å²) in [6.45, 7) is 4.13. The van der Waals surface area contributed by atoms with Crippen LogP contribution in [0.1, 0.15) is 29.6 Å². The quantitative estimate of drug-likeness (QED) is 0.865. The number of ether oxygens (including phenoxy) is 1. The number of nitrogens with one attached hydrogen (secondary N) is 1. The molecule has 2 aromatic rings. The Hall–Kier alpha value is -1.68. The molecule has 1 aromatic heterocycles. The third-order valence-corrected chi connectivity index (χ3v) is 3.52. The van der Waals surface area contributed by atoms with Gasteiger partial charge in [0.15, 0.2) is 0 Å². The van der Waals surface area contributed by atoms with Crippen LogP contribution in [0.2, 0.25) is 0 Å². The van der Waals surface area contributed by atoms with E-state index in [1.807, 2.05) is 31.2 Å². The molecule has 4 heteroatoms. The summed E-state index contributed by atoms with van der Waals surface area (Å²) in [4.78, 5) is 7.81. The van der Waals surface area contributed by atoms with Crippen LogP contribution >= 0.6 is 12.2 Å². The summed E-state index contributed by atoms with van der Waals surface area (Å²) >= 11 is 5.34. The third kappa shape index (κ3) is 3.01. The van der Waals surface area contributed by atoms with Gasteiger partial charge >= 0.3 is 0 Å². The van der Waals surface area contributed by atoms with Crippen LogP contribution in [0.3, 0.4) is 0 Å². The minimum atomic E-state index is 0.693. The number of aryl methyl sites for hydroxylation is 1. The van der Waals surface area contributed by atoms with E-state index in [0.717, 1.165) is 34.8 Å². The molecule has 0 unspecified atom stereocenters. The van der Waals surface area contributed by atoms with Crippen molar-refractivity contribution in [2.75, 3.05) is 7.11 Å². The van der Waals surface area contributed by atoms with Gasteiger partial charge in [-0.05, 0) is 19.4 Å². The number of para-hydroxylation sites is 1. The number of rotatable bonds is 4. The third-order valence-electron chi connectivity index (χ3n) is 3.18. The van der Waals surface area contributed by atoms with E-state index in [1.54, 1.807) is 7.11 Å². The number of benzene rings is 1. The maximum absolute atomic E-state index is 5.36. The lowest BCUT2D eigenvalue weighted by molar-refractivity contribution is 0.410. The highest BCUT2D eigenvalue weighted by atomic mass is 32.1. The maximum atomic E-state index is 5.36. The molecular weight excluding hydrogens is 256 g/mol. The van der Waals surface area contributed by atoms with Gasteiger partial charge in [0.25, 0.3) is 0 Å². The van der Waals surface area contributed by atoms with Crippen LogP contribution in [0.25, 0.3) is 0 Å². The molecule has 19 heavy (non-hydrogen) atoms. The molecule has 3 nitrogen and oxygen atoms in total. The van der Waals surface area contributed by atoms with Crippen LogP contribution in [-0.4, -0.2) is 17.1 Å². The van der Waals surface area contributed by atoms with Gasteiger partial charge in [-0.1, -0.05) is 37.3 Å². The molecule has 1 heterocycles. The van der Waals surface area contributed by atoms with Crippen molar-refractivity contribution in [3.63, 3.8) is 0 Å². The number of nitrogens with zero attached hydrogens (tertiary/aromatic N) is 1. The Labute approximate surface area is 118 Å². The Morgan fingerprint density at radius 2 is 2.05 bits per heavy atom. The van der Waals surface area contributed by atoms with Crippen molar-refractivity contribution in [3.05, 3.63) is 51.6 Å². The molecule has 100 valence electrons. The number of hydrogen-bond donors (Lipinski definition) is 1. The minimum Gasteiger partial charge on any atom is -0.496 e. The van der Waals surface area contributed by atoms with Gasteiger partial charge in [-0.25, -0.2) is 4.98 Å². The summed E-state index contributed by atoms with van der Waals surface area (Å²) in [6.07, 6.45) is 1.60. The van der Waals surface area contributed by atoms with Gasteiger partial charge in [0, 0.05) is 23.2 Å². The lowest BCUT2D eigenvalue weighted by atomic mass is 10.1. The molecule has 0 radical (unpaired) electrons. The Morgan fingerprint density at radius 3 is 2.68 bits per heavy atom. The van der Waals surface area contributed by atoms with Gasteiger partial charge in [0.1, 0.15) is 16.2 Å². The fourth-order valence-corrected chi connectivity index (χ4v) is 2.61. The van der Waals surface area contributed by atoms with Gasteiger partial charge in [-0.2, -0.15) is 0 Å². The second-order valence-corrected chi connectivity index (χ2v) is 4.82. The van der Waals surface area contributed by atoms with Crippen LogP contribution < -0.4 is 4.74 Å². The predicted octanol–water partition coefficient (Wildman–Crippen LogP) is 3.61. The van der Waals surface area contributed by atoms with E-state index in [1.165, 1.54) is 0 Å². The molecule has 0 aliphatic rings. The summed E-state index contributed by atoms with van der Waals surface area (Å²) in [5.41, 5.74) is 3.33. The van der Waals surface area contributed by atoms with E-state index in [4.69, 9.17) is 17.0 Å². The lowest BCUT2D eigenvalue weighted by Gasteiger charge is -2.10. The molecule has 0 aliphatic heterocycles. The maximum Gasteiger partial charge on any atom is 0.133 e. The van der Waals surface area contributed by atoms with E-state index in [-0.39, 0.29) is 0 Å². The zero-order valence-electron chi connectivity index (χ0n) is 11.5. The topological polar surface area (TPSA) is 37.9 Å². The van der Waals surface area contributed by atoms with Crippen molar-refractivity contribution in [1.82, 2.24) is 9.97 Å². The first-order valence-electron chi connectivity index (χ1n) is 6.36. The van der Waals surface area contributed by atoms with Crippen LogP contribution in [0.4, 0.5) is 0 Å². The molecule has 2 rings (SSSR count). The van der Waals surface area contributed by atoms with Crippen molar-refractivity contribution >= 4 is 12.2 Å². The van der Waals surface area contributed by atoms with Gasteiger partial charge < -0.3 is 9.72 Å². The Morgan fingerprint density at radius 1 is 1.32 bits per heavy atom. The van der Waals surface area contributed by atoms with E-state index in [0.29, 0.717) is 11.1 Å². The molecule has 1 N–H and O–H groups in total. The number of methoxy groups -OCH3 is 1. The molecule has 0 fully saturated rings. The fraction of sp³-hybridized carbons (Fsp3) is 0.333. The first-order chi connectivity index (χ1) is 9.15. The highest BCUT2D eigenvalue weighted by Crippen LogP contribution is 2.20. The second kappa shape index (κ2) is 5.97. The summed E-state index contributed by atoms with van der Waals surface area (Å²) in [5.74, 6) is 1.75. The monoisotopic (exact) mass is 274 g/mol. The lowest BCUT2D eigenvalue weighted by Crippen LogP contribution is -2.04. The summed E-state index contributed by atoms with van der Waals surface area (Å²) < 4.78 is 6.05. The van der Waals surface area contributed by atoms with Gasteiger partial charge in [-0.3, -0.25) is 0 Å². The molecule has 0 aliphatic carbocycles. The van der Waals surface area contributed by atoms with Crippen LogP contribution in [0.5, 0.6) is 5.75 Å². The highest BCUT2D eigenvalue weighted by molar-refractivity contribution is 7.71. The SMILES string of the molecule is CCc1c(C)[nH]c(Cc2ccccc2OC)nc1=S. The Balaban J connectivity index is 2.36. The molecule has 0 saturated carbocycles. The van der Waals surface area contributed by atoms with E-state index >= 15 is 0 Å². The van der Waals surface area contributed by atoms with E-state index < -0.39 is 0 Å². The van der Waals surface area contributed by atoms with E-state index in [2.05, 4.69) is 16.9 Å². The average molecular weight is 274 g/mol. The number of aromatic amines is 1. The van der Waals surface area contributed by atoms with E-state index in [9.17, 15) is 0 Å². The molecule has 0 saturated heterocycles. The number of aromatic nitrogens is 2. The summed E-state index contributed by atoms with van der Waals surface area (Å²) in [5, 5.41) is 0. The normalized spacial score (nSPS) is 10.5. The first kappa shape index (κ1) is 13.7. The molecule has 0 atom stereocenters. The van der Waals surface area contributed by atoms with Gasteiger partial charge in [0.2, 0.25) is 0 Å². The zero-order chi connectivity index (χ0) is 13.8. The van der Waals surface area contributed by atoms with Crippen molar-refractivity contribution < 1.29 is 4.74 Å². The number of hydrogen-bond acceptors (Lipinski definition) is 3. The van der Waals surface area contributed by atoms with Crippen molar-refractivity contribution in [2.45, 2.75) is 26.7 Å². The van der Waals surface area contributed by atoms with Crippen LogP contribution in [-0.2, 0) is 12.8 Å². The highest BCUT2D eigenvalue weighted by Gasteiger charge is 2.07. The molecule has 1 aromatic carbocycles. The average Bonchev–Trinajstić information content (AvgIpc) is 2.39. The number of H-pyrrole nitrogens is 1. The van der Waals surface area contributed by atoms with Crippen molar-refractivity contribution in [1.29, 1.82) is 0 Å². The minimum absolute atomic E-state index is 0.693. The Kier molecular flexibility index (Phi) is 4.32. The van der Waals surface area contributed by atoms with Gasteiger partial charge in [0.05, 0.1) is 7.11 Å². The zero-order valence-corrected chi connectivity index (χ0v) is 12.3. The van der Waals surface area contributed by atoms with Crippen molar-refractivity contribution in [3.8, 4) is 5.75 Å².